The molecular weight excluding hydrogens is 356 g/mol. The van der Waals surface area contributed by atoms with Crippen LogP contribution in [0.25, 0.3) is 0 Å². The molecule has 0 N–H and O–H groups in total. The van der Waals surface area contributed by atoms with Crippen molar-refractivity contribution in [1.82, 2.24) is 0 Å². The minimum atomic E-state index is -0.954. The van der Waals surface area contributed by atoms with E-state index in [9.17, 15) is 0 Å². The Labute approximate surface area is 126 Å². The molecule has 1 rings (SSSR count). The molecule has 0 aromatic carbocycles. The van der Waals surface area contributed by atoms with Gasteiger partial charge in [0.2, 0.25) is 0 Å². The summed E-state index contributed by atoms with van der Waals surface area (Å²) in [6.07, 6.45) is 9.78. The average Bonchev–Trinajstić information content (AvgIpc) is 2.64. The number of rotatable bonds is 8. The first-order valence-corrected chi connectivity index (χ1v) is 12.4. The van der Waals surface area contributed by atoms with Crippen LogP contribution in [0.1, 0.15) is 51.9 Å². The normalized spacial score (nSPS) is 27.2. The van der Waals surface area contributed by atoms with Crippen molar-refractivity contribution in [2.24, 2.45) is 5.41 Å². The maximum Gasteiger partial charge on any atom is 0.0865 e. The smallest absolute Gasteiger partial charge is 0.0721 e. The Balaban J connectivity index is 2.36. The summed E-state index contributed by atoms with van der Waals surface area (Å²) in [5.41, 5.74) is 0.573. The van der Waals surface area contributed by atoms with E-state index in [1.54, 1.807) is 0 Å². The van der Waals surface area contributed by atoms with Gasteiger partial charge >= 0.3 is 0 Å². The van der Waals surface area contributed by atoms with Crippen LogP contribution in [0.3, 0.4) is 0 Å². The lowest BCUT2D eigenvalue weighted by molar-refractivity contribution is 0.465. The monoisotopic (exact) mass is 382 g/mol. The summed E-state index contributed by atoms with van der Waals surface area (Å²) < 4.78 is 0.276. The Bertz CT molecular complexity index is 245. The molecule has 0 amide bonds. The molecule has 0 aromatic heterocycles. The van der Waals surface area contributed by atoms with Gasteiger partial charge in [-0.15, -0.1) is 0 Å². The molecule has 0 spiro atoms. The van der Waals surface area contributed by atoms with E-state index in [-0.39, 0.29) is 3.23 Å². The Hall–Kier alpha value is 1.18. The molecule has 0 heterocycles. The fourth-order valence-electron chi connectivity index (χ4n) is 3.01. The van der Waals surface area contributed by atoms with Gasteiger partial charge in [0, 0.05) is 8.07 Å². The third-order valence-corrected chi connectivity index (χ3v) is 7.82. The van der Waals surface area contributed by atoms with Crippen molar-refractivity contribution in [2.75, 3.05) is 0 Å². The summed E-state index contributed by atoms with van der Waals surface area (Å²) in [5.74, 6) is 0. The highest BCUT2D eigenvalue weighted by Crippen LogP contribution is 2.71. The molecule has 0 saturated heterocycles. The number of unbranched alkanes of at least 4 members (excludes halogenated alkanes) is 4. The first kappa shape index (κ1) is 16.2. The molecule has 0 unspecified atom stereocenters. The lowest BCUT2D eigenvalue weighted by atomic mass is 9.99. The lowest BCUT2D eigenvalue weighted by Gasteiger charge is -2.26. The Morgan fingerprint density at radius 2 is 1.53 bits per heavy atom. The van der Waals surface area contributed by atoms with E-state index in [4.69, 9.17) is 0 Å². The number of halogens is 2. The second kappa shape index (κ2) is 6.09. The van der Waals surface area contributed by atoms with Crippen molar-refractivity contribution in [2.45, 2.75) is 80.8 Å². The highest BCUT2D eigenvalue weighted by Gasteiger charge is 2.64. The standard InChI is InChI=1S/C14H28Br2Si/c1-5-6-7-8-9-10-13(11-14(13,15)16)12-17(2,3)4/h5-12H2,1-4H3/t13-/m1/s1. The van der Waals surface area contributed by atoms with Gasteiger partial charge in [-0.1, -0.05) is 90.5 Å². The minimum absolute atomic E-state index is 0.276. The zero-order valence-corrected chi connectivity index (χ0v) is 16.1. The Kier molecular flexibility index (Phi) is 5.81. The van der Waals surface area contributed by atoms with Crippen molar-refractivity contribution in [1.29, 1.82) is 0 Å². The second-order valence-corrected chi connectivity index (χ2v) is 16.3. The molecule has 0 aromatic rings. The minimum Gasteiger partial charge on any atom is -0.0721 e. The van der Waals surface area contributed by atoms with Crippen LogP contribution >= 0.6 is 31.9 Å². The molecule has 1 aliphatic rings. The van der Waals surface area contributed by atoms with E-state index in [2.05, 4.69) is 58.4 Å². The van der Waals surface area contributed by atoms with Crippen LogP contribution in [0, 0.1) is 5.41 Å². The third kappa shape index (κ3) is 4.98. The van der Waals surface area contributed by atoms with E-state index in [1.807, 2.05) is 0 Å². The van der Waals surface area contributed by atoms with Gasteiger partial charge in [0.15, 0.2) is 0 Å². The Morgan fingerprint density at radius 3 is 1.94 bits per heavy atom. The van der Waals surface area contributed by atoms with Gasteiger partial charge in [-0.3, -0.25) is 0 Å². The molecule has 1 saturated carbocycles. The second-order valence-electron chi connectivity index (χ2n) is 7.06. The van der Waals surface area contributed by atoms with Gasteiger partial charge in [0.25, 0.3) is 0 Å². The van der Waals surface area contributed by atoms with Crippen molar-refractivity contribution >= 4 is 39.9 Å². The summed E-state index contributed by atoms with van der Waals surface area (Å²) in [6, 6.07) is 1.46. The highest BCUT2D eigenvalue weighted by molar-refractivity contribution is 9.25. The predicted molar refractivity (Wildman–Crippen MR) is 89.2 cm³/mol. The molecule has 0 nitrogen and oxygen atoms in total. The van der Waals surface area contributed by atoms with Gasteiger partial charge in [0.05, 0.1) is 3.23 Å². The molecular formula is C14H28Br2Si. The van der Waals surface area contributed by atoms with E-state index in [1.165, 1.54) is 51.0 Å². The number of hydrogen-bond acceptors (Lipinski definition) is 0. The fourth-order valence-corrected chi connectivity index (χ4v) is 7.92. The third-order valence-electron chi connectivity index (χ3n) is 3.84. The summed E-state index contributed by atoms with van der Waals surface area (Å²) in [4.78, 5) is 0. The van der Waals surface area contributed by atoms with Crippen molar-refractivity contribution in [3.05, 3.63) is 0 Å². The van der Waals surface area contributed by atoms with E-state index in [0.29, 0.717) is 5.41 Å². The van der Waals surface area contributed by atoms with E-state index in [0.717, 1.165) is 0 Å². The highest BCUT2D eigenvalue weighted by atomic mass is 79.9. The van der Waals surface area contributed by atoms with Gasteiger partial charge in [-0.25, -0.2) is 0 Å². The maximum absolute atomic E-state index is 3.88. The summed E-state index contributed by atoms with van der Waals surface area (Å²) in [5, 5.41) is 0. The first-order chi connectivity index (χ1) is 7.72. The van der Waals surface area contributed by atoms with Crippen molar-refractivity contribution in [3.63, 3.8) is 0 Å². The van der Waals surface area contributed by atoms with Gasteiger partial charge < -0.3 is 0 Å². The van der Waals surface area contributed by atoms with E-state index >= 15 is 0 Å². The SMILES string of the molecule is CCCCCCC[C@]1(C[Si](C)(C)C)CC1(Br)Br. The Morgan fingerprint density at radius 1 is 1.00 bits per heavy atom. The average molecular weight is 384 g/mol. The van der Waals surface area contributed by atoms with Crippen LogP contribution < -0.4 is 0 Å². The van der Waals surface area contributed by atoms with Gasteiger partial charge in [-0.2, -0.15) is 0 Å². The molecule has 17 heavy (non-hydrogen) atoms. The van der Waals surface area contributed by atoms with Gasteiger partial charge in [-0.05, 0) is 24.3 Å². The molecule has 102 valence electrons. The fraction of sp³-hybridized carbons (Fsp3) is 1.00. The predicted octanol–water partition coefficient (Wildman–Crippen LogP) is 6.56. The largest absolute Gasteiger partial charge is 0.0865 e. The van der Waals surface area contributed by atoms with Crippen LogP contribution in [0.15, 0.2) is 0 Å². The van der Waals surface area contributed by atoms with Crippen molar-refractivity contribution < 1.29 is 0 Å². The number of hydrogen-bond donors (Lipinski definition) is 0. The summed E-state index contributed by atoms with van der Waals surface area (Å²) in [7, 11) is -0.954. The quantitative estimate of drug-likeness (QED) is 0.253. The molecule has 3 heteroatoms. The lowest BCUT2D eigenvalue weighted by Crippen LogP contribution is -2.27. The number of alkyl halides is 2. The molecule has 0 bridgehead atoms. The molecule has 0 aliphatic heterocycles. The van der Waals surface area contributed by atoms with Crippen LogP contribution in [-0.4, -0.2) is 11.3 Å². The molecule has 1 fully saturated rings. The van der Waals surface area contributed by atoms with Crippen LogP contribution in [-0.2, 0) is 0 Å². The van der Waals surface area contributed by atoms with Crippen molar-refractivity contribution in [3.8, 4) is 0 Å². The zero-order chi connectivity index (χ0) is 13.2. The molecule has 1 aliphatic carbocycles. The maximum atomic E-state index is 3.88. The van der Waals surface area contributed by atoms with Crippen LogP contribution in [0.2, 0.25) is 25.7 Å². The topological polar surface area (TPSA) is 0 Å². The summed E-state index contributed by atoms with van der Waals surface area (Å²) >= 11 is 7.77. The zero-order valence-electron chi connectivity index (χ0n) is 11.9. The van der Waals surface area contributed by atoms with E-state index < -0.39 is 8.07 Å². The molecule has 0 radical (unpaired) electrons. The molecule has 1 atom stereocenters. The first-order valence-electron chi connectivity index (χ1n) is 7.10. The van der Waals surface area contributed by atoms with Crippen LogP contribution in [0.4, 0.5) is 0 Å². The summed E-state index contributed by atoms with van der Waals surface area (Å²) in [6.45, 7) is 9.79. The van der Waals surface area contributed by atoms with Crippen LogP contribution in [0.5, 0.6) is 0 Å². The van der Waals surface area contributed by atoms with Gasteiger partial charge in [0.1, 0.15) is 0 Å².